The molecule has 4 rings (SSSR count). The highest BCUT2D eigenvalue weighted by Crippen LogP contribution is 2.68. The number of aliphatic carboxylic acids is 1. The minimum absolute atomic E-state index is 0.0936. The molecule has 4 aliphatic carbocycles. The third-order valence-corrected chi connectivity index (χ3v) is 10.7. The number of rotatable bonds is 9. The van der Waals surface area contributed by atoms with Gasteiger partial charge in [0.05, 0.1) is 6.10 Å². The number of ketones is 1. The quantitative estimate of drug-likeness (QED) is 0.402. The Bertz CT molecular complexity index is 689. The van der Waals surface area contributed by atoms with Gasteiger partial charge in [-0.2, -0.15) is 0 Å². The third-order valence-electron chi connectivity index (χ3n) is 10.7. The molecule has 0 radical (unpaired) electrons. The largest absolute Gasteiger partial charge is 0.481 e. The Kier molecular flexibility index (Phi) is 7.39. The van der Waals surface area contributed by atoms with Gasteiger partial charge in [0, 0.05) is 19.3 Å². The van der Waals surface area contributed by atoms with Crippen LogP contribution in [0.2, 0.25) is 0 Å². The minimum atomic E-state index is -0.679. The van der Waals surface area contributed by atoms with Gasteiger partial charge < -0.3 is 10.2 Å². The zero-order valence-corrected chi connectivity index (χ0v) is 20.5. The first-order chi connectivity index (χ1) is 15.3. The number of aliphatic hydroxyl groups excluding tert-OH is 1. The highest BCUT2D eigenvalue weighted by Gasteiger charge is 2.62. The Morgan fingerprint density at radius 2 is 1.69 bits per heavy atom. The van der Waals surface area contributed by atoms with Gasteiger partial charge >= 0.3 is 5.97 Å². The maximum Gasteiger partial charge on any atom is 0.303 e. The average Bonchev–Trinajstić information content (AvgIpc) is 3.04. The predicted octanol–water partition coefficient (Wildman–Crippen LogP) is 6.39. The molecule has 0 aromatic rings. The highest BCUT2D eigenvalue weighted by atomic mass is 16.4. The number of unbranched alkanes of at least 4 members (excludes halogenated alkanes) is 5. The van der Waals surface area contributed by atoms with Crippen molar-refractivity contribution in [2.75, 3.05) is 0 Å². The van der Waals surface area contributed by atoms with Crippen molar-refractivity contribution in [2.45, 2.75) is 123 Å². The molecule has 4 fully saturated rings. The summed E-state index contributed by atoms with van der Waals surface area (Å²) in [5, 5.41) is 19.7. The molecule has 0 aromatic heterocycles. The molecule has 0 aromatic carbocycles. The normalized spacial score (nSPS) is 43.4. The molecule has 0 saturated heterocycles. The zero-order chi connectivity index (χ0) is 22.9. The van der Waals surface area contributed by atoms with Crippen molar-refractivity contribution in [1.82, 2.24) is 0 Å². The predicted molar refractivity (Wildman–Crippen MR) is 126 cm³/mol. The molecular formula is C28H46O4. The number of carbonyl (C=O) groups is 2. The first-order valence-corrected chi connectivity index (χ1v) is 13.7. The number of aliphatic hydroxyl groups is 1. The Balaban J connectivity index is 1.41. The summed E-state index contributed by atoms with van der Waals surface area (Å²) in [4.78, 5) is 22.9. The summed E-state index contributed by atoms with van der Waals surface area (Å²) in [6.07, 6.45) is 16.6. The van der Waals surface area contributed by atoms with E-state index in [0.29, 0.717) is 35.4 Å². The molecule has 8 atom stereocenters. The van der Waals surface area contributed by atoms with Gasteiger partial charge in [-0.25, -0.2) is 0 Å². The monoisotopic (exact) mass is 446 g/mol. The van der Waals surface area contributed by atoms with E-state index >= 15 is 0 Å². The second-order valence-electron chi connectivity index (χ2n) is 12.4. The van der Waals surface area contributed by atoms with Gasteiger partial charge in [0.1, 0.15) is 5.78 Å². The Labute approximate surface area is 194 Å². The van der Waals surface area contributed by atoms with Gasteiger partial charge in [0.25, 0.3) is 0 Å². The third kappa shape index (κ3) is 4.55. The van der Waals surface area contributed by atoms with Gasteiger partial charge in [-0.15, -0.1) is 0 Å². The van der Waals surface area contributed by atoms with Crippen LogP contribution in [0.5, 0.6) is 0 Å². The number of fused-ring (bicyclic) bond motifs is 5. The lowest BCUT2D eigenvalue weighted by Gasteiger charge is -2.62. The van der Waals surface area contributed by atoms with Gasteiger partial charge in [-0.05, 0) is 85.4 Å². The van der Waals surface area contributed by atoms with Gasteiger partial charge in [-0.3, -0.25) is 9.59 Å². The summed E-state index contributed by atoms with van der Waals surface area (Å²) in [7, 11) is 0. The molecule has 0 aliphatic heterocycles. The molecule has 4 aliphatic rings. The number of hydrogen-bond donors (Lipinski definition) is 2. The van der Waals surface area contributed by atoms with Crippen LogP contribution in [0.1, 0.15) is 117 Å². The van der Waals surface area contributed by atoms with Gasteiger partial charge in [0.2, 0.25) is 0 Å². The van der Waals surface area contributed by atoms with Crippen LogP contribution < -0.4 is 0 Å². The van der Waals surface area contributed by atoms with Crippen molar-refractivity contribution in [3.63, 3.8) is 0 Å². The fourth-order valence-corrected chi connectivity index (χ4v) is 9.09. The number of hydrogen-bond acceptors (Lipinski definition) is 3. The molecule has 4 nitrogen and oxygen atoms in total. The second-order valence-corrected chi connectivity index (χ2v) is 12.4. The van der Waals surface area contributed by atoms with Crippen molar-refractivity contribution in [3.05, 3.63) is 0 Å². The molecule has 0 bridgehead atoms. The van der Waals surface area contributed by atoms with E-state index in [-0.39, 0.29) is 11.5 Å². The van der Waals surface area contributed by atoms with Crippen molar-refractivity contribution >= 4 is 11.8 Å². The smallest absolute Gasteiger partial charge is 0.303 e. The van der Waals surface area contributed by atoms with E-state index in [2.05, 4.69) is 13.8 Å². The topological polar surface area (TPSA) is 74.6 Å². The fraction of sp³-hybridized carbons (Fsp3) is 0.929. The second kappa shape index (κ2) is 9.76. The minimum Gasteiger partial charge on any atom is -0.481 e. The van der Waals surface area contributed by atoms with E-state index in [4.69, 9.17) is 5.11 Å². The van der Waals surface area contributed by atoms with E-state index in [0.717, 1.165) is 56.8 Å². The van der Waals surface area contributed by atoms with Crippen LogP contribution in [-0.2, 0) is 9.59 Å². The number of carboxylic acid groups (broad SMARTS) is 1. The lowest BCUT2D eigenvalue weighted by Crippen LogP contribution is -2.57. The molecule has 2 N–H and O–H groups in total. The van der Waals surface area contributed by atoms with Crippen LogP contribution in [0, 0.1) is 40.4 Å². The molecule has 0 heterocycles. The van der Waals surface area contributed by atoms with Crippen LogP contribution in [0.3, 0.4) is 0 Å². The lowest BCUT2D eigenvalue weighted by molar-refractivity contribution is -0.159. The standard InChI is InChI=1S/C28H46O4/c1-27-16-15-21(29)17-20(27)11-12-22-23-13-14-24(30)28(23,2)18-19(26(22)27)9-7-5-3-4-6-8-10-25(31)32/h19-20,22-24,26,30H,3-18H2,1-2H3,(H,31,32)/t19-,20-,22-,23-,24-,26-,27-,28-/m0/s1. The van der Waals surface area contributed by atoms with Crippen molar-refractivity contribution in [1.29, 1.82) is 0 Å². The van der Waals surface area contributed by atoms with Crippen LogP contribution in [0.4, 0.5) is 0 Å². The van der Waals surface area contributed by atoms with Crippen LogP contribution in [0.25, 0.3) is 0 Å². The molecule has 0 spiro atoms. The first-order valence-electron chi connectivity index (χ1n) is 13.7. The van der Waals surface area contributed by atoms with Crippen molar-refractivity contribution < 1.29 is 19.8 Å². The summed E-state index contributed by atoms with van der Waals surface area (Å²) in [5.41, 5.74) is 0.406. The van der Waals surface area contributed by atoms with E-state index in [1.165, 1.54) is 51.4 Å². The van der Waals surface area contributed by atoms with E-state index < -0.39 is 5.97 Å². The average molecular weight is 447 g/mol. The van der Waals surface area contributed by atoms with E-state index in [1.807, 2.05) is 0 Å². The Hall–Kier alpha value is -0.900. The molecule has 32 heavy (non-hydrogen) atoms. The summed E-state index contributed by atoms with van der Waals surface area (Å²) in [5.74, 6) is 3.21. The molecular weight excluding hydrogens is 400 g/mol. The molecule has 182 valence electrons. The number of Topliss-reactive ketones (excluding diaryl/α,β-unsaturated/α-hetero) is 1. The molecule has 0 amide bonds. The maximum atomic E-state index is 12.3. The van der Waals surface area contributed by atoms with Crippen LogP contribution >= 0.6 is 0 Å². The van der Waals surface area contributed by atoms with Crippen LogP contribution in [-0.4, -0.2) is 28.1 Å². The SMILES string of the molecule is C[C@]12CCC(=O)C[C@@H]1CC[C@@H]1[C@@H]2[C@@H](CCCCCCCCC(=O)O)C[C@]2(C)[C@@H](O)CC[C@@H]12. The number of carbonyl (C=O) groups excluding carboxylic acids is 1. The first kappa shape index (κ1) is 24.2. The molecule has 4 heteroatoms. The Morgan fingerprint density at radius 3 is 2.44 bits per heavy atom. The lowest BCUT2D eigenvalue weighted by atomic mass is 9.42. The maximum absolute atomic E-state index is 12.3. The zero-order valence-electron chi connectivity index (χ0n) is 20.5. The molecule has 0 unspecified atom stereocenters. The Morgan fingerprint density at radius 1 is 0.969 bits per heavy atom. The van der Waals surface area contributed by atoms with Crippen molar-refractivity contribution in [2.24, 2.45) is 40.4 Å². The number of carboxylic acids is 1. The van der Waals surface area contributed by atoms with Gasteiger partial charge in [0.15, 0.2) is 0 Å². The summed E-state index contributed by atoms with van der Waals surface area (Å²) in [6.45, 7) is 4.92. The summed E-state index contributed by atoms with van der Waals surface area (Å²) < 4.78 is 0. The highest BCUT2D eigenvalue weighted by molar-refractivity contribution is 5.79. The molecule has 4 saturated carbocycles. The van der Waals surface area contributed by atoms with E-state index in [9.17, 15) is 14.7 Å². The fourth-order valence-electron chi connectivity index (χ4n) is 9.09. The summed E-state index contributed by atoms with van der Waals surface area (Å²) >= 11 is 0. The van der Waals surface area contributed by atoms with Crippen LogP contribution in [0.15, 0.2) is 0 Å². The van der Waals surface area contributed by atoms with Crippen molar-refractivity contribution in [3.8, 4) is 0 Å². The summed E-state index contributed by atoms with van der Waals surface area (Å²) in [6, 6.07) is 0. The van der Waals surface area contributed by atoms with E-state index in [1.54, 1.807) is 0 Å². The van der Waals surface area contributed by atoms with Gasteiger partial charge in [-0.1, -0.05) is 52.4 Å².